The van der Waals surface area contributed by atoms with Gasteiger partial charge in [0.15, 0.2) is 0 Å². The molecule has 0 atom stereocenters. The van der Waals surface area contributed by atoms with Crippen molar-refractivity contribution >= 4 is 17.7 Å². The number of amides is 1. The first kappa shape index (κ1) is 13.0. The van der Waals surface area contributed by atoms with E-state index in [2.05, 4.69) is 10.3 Å². The quantitative estimate of drug-likeness (QED) is 0.772. The number of nitrogens with zero attached hydrogens (tertiary/aromatic N) is 2. The maximum atomic E-state index is 11.1. The zero-order valence-corrected chi connectivity index (χ0v) is 9.80. The summed E-state index contributed by atoms with van der Waals surface area (Å²) in [6.07, 6.45) is 1.67. The Balaban J connectivity index is 2.60. The summed E-state index contributed by atoms with van der Waals surface area (Å²) in [7, 11) is 3.38. The second-order valence-electron chi connectivity index (χ2n) is 3.55. The van der Waals surface area contributed by atoms with E-state index in [-0.39, 0.29) is 11.5 Å². The van der Waals surface area contributed by atoms with Crippen molar-refractivity contribution in [3.8, 4) is 0 Å². The minimum absolute atomic E-state index is 0.0426. The van der Waals surface area contributed by atoms with Crippen molar-refractivity contribution in [2.45, 2.75) is 6.42 Å². The number of carboxylic acid groups (broad SMARTS) is 1. The van der Waals surface area contributed by atoms with Crippen LogP contribution in [0.25, 0.3) is 0 Å². The first-order valence-corrected chi connectivity index (χ1v) is 5.15. The monoisotopic (exact) mass is 237 g/mol. The van der Waals surface area contributed by atoms with Gasteiger partial charge in [0.1, 0.15) is 5.82 Å². The number of nitrogens with one attached hydrogen (secondary N) is 1. The molecule has 2 N–H and O–H groups in total. The fourth-order valence-corrected chi connectivity index (χ4v) is 1.25. The van der Waals surface area contributed by atoms with Crippen LogP contribution >= 0.6 is 0 Å². The predicted octanol–water partition coefficient (Wildman–Crippen LogP) is 0.352. The molecule has 1 rings (SSSR count). The summed E-state index contributed by atoms with van der Waals surface area (Å²) in [5, 5.41) is 11.2. The van der Waals surface area contributed by atoms with E-state index in [0.29, 0.717) is 18.8 Å². The highest BCUT2D eigenvalue weighted by atomic mass is 16.4. The maximum Gasteiger partial charge on any atom is 0.337 e. The Hall–Kier alpha value is -2.11. The van der Waals surface area contributed by atoms with E-state index in [1.54, 1.807) is 25.1 Å². The molecule has 0 aliphatic rings. The molecule has 0 aromatic carbocycles. The Kier molecular flexibility index (Phi) is 4.45. The fraction of sp³-hybridized carbons (Fsp3) is 0.364. The van der Waals surface area contributed by atoms with Gasteiger partial charge in [0, 0.05) is 33.3 Å². The number of anilines is 1. The second-order valence-corrected chi connectivity index (χ2v) is 3.55. The number of pyridine rings is 1. The summed E-state index contributed by atoms with van der Waals surface area (Å²) in [6.45, 7) is 0.527. The number of carbonyl (C=O) groups excluding carboxylic acids is 1. The van der Waals surface area contributed by atoms with Crippen LogP contribution in [0.2, 0.25) is 0 Å². The summed E-state index contributed by atoms with van der Waals surface area (Å²) in [5.41, 5.74) is 0.147. The van der Waals surface area contributed by atoms with Gasteiger partial charge in [0.05, 0.1) is 5.56 Å². The first-order valence-electron chi connectivity index (χ1n) is 5.15. The SMILES string of the molecule is CNC(=O)CCN(C)c1ccc(C(=O)O)cn1. The van der Waals surface area contributed by atoms with Crippen molar-refractivity contribution in [3.05, 3.63) is 23.9 Å². The molecule has 0 bridgehead atoms. The van der Waals surface area contributed by atoms with Gasteiger partial charge in [-0.2, -0.15) is 0 Å². The number of hydrogen-bond acceptors (Lipinski definition) is 4. The molecule has 0 radical (unpaired) electrons. The molecule has 6 heteroatoms. The number of aromatic carboxylic acids is 1. The molecule has 6 nitrogen and oxygen atoms in total. The van der Waals surface area contributed by atoms with Crippen molar-refractivity contribution in [2.75, 3.05) is 25.5 Å². The molecule has 1 aromatic rings. The van der Waals surface area contributed by atoms with Gasteiger partial charge in [-0.25, -0.2) is 9.78 Å². The fourth-order valence-electron chi connectivity index (χ4n) is 1.25. The molecule has 17 heavy (non-hydrogen) atoms. The number of carbonyl (C=O) groups is 2. The number of hydrogen-bond donors (Lipinski definition) is 2. The highest BCUT2D eigenvalue weighted by Gasteiger charge is 2.07. The third kappa shape index (κ3) is 3.75. The Morgan fingerprint density at radius 2 is 2.18 bits per heavy atom. The lowest BCUT2D eigenvalue weighted by molar-refractivity contribution is -0.120. The second kappa shape index (κ2) is 5.83. The van der Waals surface area contributed by atoms with Crippen molar-refractivity contribution in [2.24, 2.45) is 0 Å². The summed E-state index contributed by atoms with van der Waals surface area (Å²) >= 11 is 0. The minimum Gasteiger partial charge on any atom is -0.478 e. The molecule has 92 valence electrons. The lowest BCUT2D eigenvalue weighted by Crippen LogP contribution is -2.26. The topological polar surface area (TPSA) is 82.5 Å². The summed E-state index contributed by atoms with van der Waals surface area (Å²) in [6, 6.07) is 3.11. The van der Waals surface area contributed by atoms with Crippen LogP contribution in [-0.2, 0) is 4.79 Å². The number of rotatable bonds is 5. The molecule has 0 spiro atoms. The van der Waals surface area contributed by atoms with Crippen molar-refractivity contribution in [1.82, 2.24) is 10.3 Å². The zero-order valence-electron chi connectivity index (χ0n) is 9.80. The predicted molar refractivity (Wildman–Crippen MR) is 63.2 cm³/mol. The van der Waals surface area contributed by atoms with Crippen LogP contribution < -0.4 is 10.2 Å². The smallest absolute Gasteiger partial charge is 0.337 e. The normalized spacial score (nSPS) is 9.76. The van der Waals surface area contributed by atoms with E-state index in [4.69, 9.17) is 5.11 Å². The zero-order chi connectivity index (χ0) is 12.8. The molecular weight excluding hydrogens is 222 g/mol. The maximum absolute atomic E-state index is 11.1. The lowest BCUT2D eigenvalue weighted by Gasteiger charge is -2.17. The van der Waals surface area contributed by atoms with Crippen LogP contribution in [0.1, 0.15) is 16.8 Å². The van der Waals surface area contributed by atoms with Crippen LogP contribution in [0.4, 0.5) is 5.82 Å². The van der Waals surface area contributed by atoms with Gasteiger partial charge >= 0.3 is 5.97 Å². The van der Waals surface area contributed by atoms with Gasteiger partial charge in [-0.1, -0.05) is 0 Å². The molecular formula is C11H15N3O3. The number of carboxylic acids is 1. The van der Waals surface area contributed by atoms with E-state index in [1.807, 2.05) is 0 Å². The summed E-state index contributed by atoms with van der Waals surface area (Å²) < 4.78 is 0. The molecule has 1 amide bonds. The highest BCUT2D eigenvalue weighted by molar-refractivity contribution is 5.87. The molecule has 0 saturated carbocycles. The summed E-state index contributed by atoms with van der Waals surface area (Å²) in [4.78, 5) is 27.5. The van der Waals surface area contributed by atoms with Gasteiger partial charge in [0.2, 0.25) is 5.91 Å². The minimum atomic E-state index is -1.00. The van der Waals surface area contributed by atoms with E-state index < -0.39 is 5.97 Å². The Labute approximate surface area is 99.3 Å². The van der Waals surface area contributed by atoms with Gasteiger partial charge in [-0.05, 0) is 12.1 Å². The molecule has 0 aliphatic carbocycles. The lowest BCUT2D eigenvalue weighted by atomic mass is 10.3. The van der Waals surface area contributed by atoms with Crippen LogP contribution in [0, 0.1) is 0 Å². The largest absolute Gasteiger partial charge is 0.478 e. The molecule has 1 heterocycles. The third-order valence-electron chi connectivity index (χ3n) is 2.34. The average molecular weight is 237 g/mol. The van der Waals surface area contributed by atoms with E-state index >= 15 is 0 Å². The van der Waals surface area contributed by atoms with Crippen molar-refractivity contribution < 1.29 is 14.7 Å². The first-order chi connectivity index (χ1) is 8.04. The Morgan fingerprint density at radius 3 is 2.65 bits per heavy atom. The van der Waals surface area contributed by atoms with Crippen LogP contribution in [0.5, 0.6) is 0 Å². The molecule has 0 aliphatic heterocycles. The van der Waals surface area contributed by atoms with Gasteiger partial charge < -0.3 is 15.3 Å². The van der Waals surface area contributed by atoms with Gasteiger partial charge in [0.25, 0.3) is 0 Å². The highest BCUT2D eigenvalue weighted by Crippen LogP contribution is 2.09. The third-order valence-corrected chi connectivity index (χ3v) is 2.34. The van der Waals surface area contributed by atoms with E-state index in [9.17, 15) is 9.59 Å². The van der Waals surface area contributed by atoms with Gasteiger partial charge in [-0.15, -0.1) is 0 Å². The van der Waals surface area contributed by atoms with E-state index in [0.717, 1.165) is 0 Å². The molecule has 0 saturated heterocycles. The number of aromatic nitrogens is 1. The van der Waals surface area contributed by atoms with Gasteiger partial charge in [-0.3, -0.25) is 4.79 Å². The van der Waals surface area contributed by atoms with Crippen molar-refractivity contribution in [3.63, 3.8) is 0 Å². The molecule has 1 aromatic heterocycles. The van der Waals surface area contributed by atoms with E-state index in [1.165, 1.54) is 12.3 Å². The van der Waals surface area contributed by atoms with Crippen LogP contribution in [0.15, 0.2) is 18.3 Å². The average Bonchev–Trinajstić information content (AvgIpc) is 2.35. The standard InChI is InChI=1S/C11H15N3O3/c1-12-10(15)5-6-14(2)9-4-3-8(7-13-9)11(16)17/h3-4,7H,5-6H2,1-2H3,(H,12,15)(H,16,17). The van der Waals surface area contributed by atoms with Crippen LogP contribution in [0.3, 0.4) is 0 Å². The van der Waals surface area contributed by atoms with Crippen LogP contribution in [-0.4, -0.2) is 42.6 Å². The Bertz CT molecular complexity index is 403. The van der Waals surface area contributed by atoms with Crippen molar-refractivity contribution in [1.29, 1.82) is 0 Å². The Morgan fingerprint density at radius 1 is 1.47 bits per heavy atom. The molecule has 0 unspecified atom stereocenters. The molecule has 0 fully saturated rings. The summed E-state index contributed by atoms with van der Waals surface area (Å²) in [5.74, 6) is -0.407.